The number of aromatic nitrogens is 2. The van der Waals surface area contributed by atoms with E-state index < -0.39 is 17.7 Å². The summed E-state index contributed by atoms with van der Waals surface area (Å²) in [5.74, 6) is -0.299. The number of hydrogen-bond acceptors (Lipinski definition) is 9. The number of anilines is 1. The summed E-state index contributed by atoms with van der Waals surface area (Å²) in [4.78, 5) is 28.0. The van der Waals surface area contributed by atoms with E-state index in [1.54, 1.807) is 49.4 Å². The Hall–Kier alpha value is -4.70. The van der Waals surface area contributed by atoms with Gasteiger partial charge in [-0.3, -0.25) is 14.5 Å². The van der Waals surface area contributed by atoms with E-state index in [1.165, 1.54) is 16.2 Å². The van der Waals surface area contributed by atoms with Gasteiger partial charge in [0.2, 0.25) is 5.13 Å². The average molecular weight is 542 g/mol. The zero-order valence-electron chi connectivity index (χ0n) is 20.9. The molecule has 6 rings (SSSR count). The Bertz CT molecular complexity index is 1580. The van der Waals surface area contributed by atoms with Crippen molar-refractivity contribution in [2.24, 2.45) is 0 Å². The number of amides is 1. The highest BCUT2D eigenvalue weighted by molar-refractivity contribution is 7.15. The molecule has 39 heavy (non-hydrogen) atoms. The minimum atomic E-state index is -0.922. The van der Waals surface area contributed by atoms with Gasteiger partial charge in [-0.15, -0.1) is 10.2 Å². The van der Waals surface area contributed by atoms with E-state index in [-0.39, 0.29) is 16.5 Å². The van der Waals surface area contributed by atoms with Crippen molar-refractivity contribution in [3.63, 3.8) is 0 Å². The van der Waals surface area contributed by atoms with Gasteiger partial charge in [-0.1, -0.05) is 53.8 Å². The Morgan fingerprint density at radius 2 is 1.74 bits per heavy atom. The number of carbonyl (C=O) groups excluding carboxylic acids is 2. The van der Waals surface area contributed by atoms with Crippen molar-refractivity contribution < 1.29 is 28.9 Å². The number of aliphatic hydroxyl groups excluding tert-OH is 1. The van der Waals surface area contributed by atoms with E-state index in [1.807, 2.05) is 30.3 Å². The van der Waals surface area contributed by atoms with E-state index in [0.717, 1.165) is 5.56 Å². The van der Waals surface area contributed by atoms with E-state index in [9.17, 15) is 14.7 Å². The fraction of sp³-hybridized carbons (Fsp3) is 0.172. The first kappa shape index (κ1) is 24.6. The van der Waals surface area contributed by atoms with Crippen LogP contribution in [0.1, 0.15) is 27.7 Å². The van der Waals surface area contributed by atoms with Gasteiger partial charge in [-0.25, -0.2) is 0 Å². The Morgan fingerprint density at radius 3 is 2.46 bits per heavy atom. The van der Waals surface area contributed by atoms with Crippen LogP contribution >= 0.6 is 11.3 Å². The van der Waals surface area contributed by atoms with Crippen LogP contribution in [-0.2, 0) is 16.2 Å². The number of benzene rings is 3. The smallest absolute Gasteiger partial charge is 0.301 e. The van der Waals surface area contributed by atoms with Crippen molar-refractivity contribution in [1.29, 1.82) is 0 Å². The molecule has 1 aromatic heterocycles. The summed E-state index contributed by atoms with van der Waals surface area (Å²) in [6.45, 7) is 2.96. The predicted molar refractivity (Wildman–Crippen MR) is 144 cm³/mol. The van der Waals surface area contributed by atoms with Crippen LogP contribution < -0.4 is 19.1 Å². The highest BCUT2D eigenvalue weighted by atomic mass is 32.1. The Morgan fingerprint density at radius 1 is 1.00 bits per heavy atom. The maximum Gasteiger partial charge on any atom is 0.301 e. The second-order valence-electron chi connectivity index (χ2n) is 8.97. The monoisotopic (exact) mass is 541 g/mol. The molecular weight excluding hydrogens is 518 g/mol. The number of ether oxygens (including phenoxy) is 3. The van der Waals surface area contributed by atoms with Crippen molar-refractivity contribution in [3.05, 3.63) is 100 Å². The zero-order valence-corrected chi connectivity index (χ0v) is 21.7. The molecule has 0 bridgehead atoms. The number of fused-ring (bicyclic) bond motifs is 1. The third-order valence-electron chi connectivity index (χ3n) is 6.43. The molecular formula is C29H23N3O6S. The van der Waals surface area contributed by atoms with Gasteiger partial charge in [-0.2, -0.15) is 0 Å². The highest BCUT2D eigenvalue weighted by Crippen LogP contribution is 2.44. The maximum atomic E-state index is 13.4. The summed E-state index contributed by atoms with van der Waals surface area (Å²) in [5.41, 5.74) is 1.91. The molecule has 196 valence electrons. The van der Waals surface area contributed by atoms with Gasteiger partial charge in [0, 0.05) is 5.56 Å². The number of nitrogens with zero attached hydrogens (tertiary/aromatic N) is 3. The van der Waals surface area contributed by atoms with Gasteiger partial charge >= 0.3 is 5.91 Å². The van der Waals surface area contributed by atoms with Gasteiger partial charge in [-0.05, 0) is 48.4 Å². The van der Waals surface area contributed by atoms with Crippen LogP contribution in [0.3, 0.4) is 0 Å². The number of aliphatic hydroxyl groups is 1. The largest absolute Gasteiger partial charge is 0.507 e. The molecule has 10 heteroatoms. The molecule has 9 nitrogen and oxygen atoms in total. The molecule has 1 fully saturated rings. The third-order valence-corrected chi connectivity index (χ3v) is 7.26. The minimum Gasteiger partial charge on any atom is -0.507 e. The fourth-order valence-electron chi connectivity index (χ4n) is 4.56. The number of ketones is 1. The Kier molecular flexibility index (Phi) is 6.45. The molecule has 4 aromatic rings. The van der Waals surface area contributed by atoms with Crippen LogP contribution in [0.5, 0.6) is 17.2 Å². The average Bonchev–Trinajstić information content (AvgIpc) is 3.51. The SMILES string of the molecule is Cc1nnc(N2C(=O)C(=O)/C(=C(/O)c3ccc4c(c3)OCCO4)[C@@H]2c2ccc(OCc3ccccc3)cc2)s1. The number of rotatable bonds is 6. The van der Waals surface area contributed by atoms with Crippen molar-refractivity contribution in [2.45, 2.75) is 19.6 Å². The molecule has 2 aliphatic heterocycles. The van der Waals surface area contributed by atoms with Crippen LogP contribution in [0.2, 0.25) is 0 Å². The minimum absolute atomic E-state index is 0.0533. The van der Waals surface area contributed by atoms with Crippen molar-refractivity contribution in [2.75, 3.05) is 18.1 Å². The number of carbonyl (C=O) groups is 2. The van der Waals surface area contributed by atoms with Crippen molar-refractivity contribution >= 4 is 33.9 Å². The summed E-state index contributed by atoms with van der Waals surface area (Å²) in [5, 5.41) is 20.5. The molecule has 2 aliphatic rings. The second kappa shape index (κ2) is 10.2. The molecule has 0 unspecified atom stereocenters. The first-order chi connectivity index (χ1) is 19.0. The van der Waals surface area contributed by atoms with E-state index >= 15 is 0 Å². The maximum absolute atomic E-state index is 13.4. The summed E-state index contributed by atoms with van der Waals surface area (Å²) < 4.78 is 17.1. The summed E-state index contributed by atoms with van der Waals surface area (Å²) in [6, 6.07) is 20.9. The van der Waals surface area contributed by atoms with Gasteiger partial charge < -0.3 is 19.3 Å². The molecule has 1 amide bonds. The lowest BCUT2D eigenvalue weighted by Crippen LogP contribution is -2.29. The summed E-state index contributed by atoms with van der Waals surface area (Å²) in [7, 11) is 0. The molecule has 3 aromatic carbocycles. The predicted octanol–water partition coefficient (Wildman–Crippen LogP) is 4.82. The number of hydrogen-bond donors (Lipinski definition) is 1. The van der Waals surface area contributed by atoms with Gasteiger partial charge in [0.15, 0.2) is 11.5 Å². The summed E-state index contributed by atoms with van der Waals surface area (Å²) in [6.07, 6.45) is 0. The molecule has 0 spiro atoms. The first-order valence-corrected chi connectivity index (χ1v) is 13.1. The fourth-order valence-corrected chi connectivity index (χ4v) is 5.28. The van der Waals surface area contributed by atoms with Crippen molar-refractivity contribution in [1.82, 2.24) is 10.2 Å². The van der Waals surface area contributed by atoms with Crippen molar-refractivity contribution in [3.8, 4) is 17.2 Å². The topological polar surface area (TPSA) is 111 Å². The van der Waals surface area contributed by atoms with Crippen LogP contribution in [0.4, 0.5) is 5.13 Å². The standard InChI is InChI=1S/C29H23N3O6S/c1-17-30-31-29(39-17)32-25(19-7-10-21(11-8-19)38-16-18-5-3-2-4-6-18)24(27(34)28(32)35)26(33)20-9-12-22-23(15-20)37-14-13-36-22/h2-12,15,25,33H,13-14,16H2,1H3/b26-24+/t25-/m0/s1. The van der Waals surface area contributed by atoms with Gasteiger partial charge in [0.1, 0.15) is 36.3 Å². The molecule has 0 aliphatic carbocycles. The zero-order chi connectivity index (χ0) is 26.9. The first-order valence-electron chi connectivity index (χ1n) is 12.3. The lowest BCUT2D eigenvalue weighted by atomic mass is 9.95. The van der Waals surface area contributed by atoms with Crippen LogP contribution in [0.15, 0.2) is 78.4 Å². The molecule has 1 atom stereocenters. The lowest BCUT2D eigenvalue weighted by molar-refractivity contribution is -0.132. The quantitative estimate of drug-likeness (QED) is 0.210. The van der Waals surface area contributed by atoms with E-state index in [2.05, 4.69) is 10.2 Å². The van der Waals surface area contributed by atoms with E-state index in [4.69, 9.17) is 14.2 Å². The van der Waals surface area contributed by atoms with Crippen LogP contribution in [-0.4, -0.2) is 40.2 Å². The molecule has 3 heterocycles. The number of aryl methyl sites for hydroxylation is 1. The Labute approximate surface area is 227 Å². The lowest BCUT2D eigenvalue weighted by Gasteiger charge is -2.23. The molecule has 0 radical (unpaired) electrons. The Balaban J connectivity index is 1.39. The highest BCUT2D eigenvalue weighted by Gasteiger charge is 2.48. The third kappa shape index (κ3) is 4.70. The van der Waals surface area contributed by atoms with Crippen LogP contribution in [0, 0.1) is 6.92 Å². The van der Waals surface area contributed by atoms with E-state index in [0.29, 0.717) is 53.2 Å². The summed E-state index contributed by atoms with van der Waals surface area (Å²) >= 11 is 1.19. The van der Waals surface area contributed by atoms with Gasteiger partial charge in [0.25, 0.3) is 5.78 Å². The second-order valence-corrected chi connectivity index (χ2v) is 10.1. The normalized spacial score (nSPS) is 17.9. The number of Topliss-reactive ketones (excluding diaryl/α,β-unsaturated/α-hetero) is 1. The molecule has 1 N–H and O–H groups in total. The molecule has 1 saturated heterocycles. The van der Waals surface area contributed by atoms with Gasteiger partial charge in [0.05, 0.1) is 11.6 Å². The van der Waals surface area contributed by atoms with Crippen LogP contribution in [0.25, 0.3) is 5.76 Å². The molecule has 0 saturated carbocycles.